The summed E-state index contributed by atoms with van der Waals surface area (Å²) in [6, 6.07) is 7.65. The van der Waals surface area contributed by atoms with E-state index in [1.807, 2.05) is 47.5 Å². The van der Waals surface area contributed by atoms with Crippen LogP contribution in [-0.4, -0.2) is 32.0 Å². The second-order valence-electron chi connectivity index (χ2n) is 5.82. The highest BCUT2D eigenvalue weighted by atomic mass is 35.5. The van der Waals surface area contributed by atoms with E-state index in [0.717, 1.165) is 22.3 Å². The van der Waals surface area contributed by atoms with E-state index >= 15 is 0 Å². The van der Waals surface area contributed by atoms with Crippen LogP contribution in [-0.2, 0) is 17.9 Å². The van der Waals surface area contributed by atoms with E-state index in [1.165, 1.54) is 0 Å². The molecule has 2 heterocycles. The number of fused-ring (bicyclic) bond motifs is 1. The zero-order valence-electron chi connectivity index (χ0n) is 13.8. The lowest BCUT2D eigenvalue weighted by atomic mass is 10.2. The number of carbonyl (C=O) groups excluding carboxylic acids is 1. The summed E-state index contributed by atoms with van der Waals surface area (Å²) in [7, 11) is 0. The third-order valence-electron chi connectivity index (χ3n) is 3.90. The van der Waals surface area contributed by atoms with Crippen molar-refractivity contribution in [2.75, 3.05) is 6.54 Å². The molecule has 0 aliphatic heterocycles. The van der Waals surface area contributed by atoms with Crippen molar-refractivity contribution in [3.05, 3.63) is 46.9 Å². The lowest BCUT2D eigenvalue weighted by Crippen LogP contribution is -2.28. The Hall–Kier alpha value is -2.34. The molecule has 0 saturated carbocycles. The first-order valence-electron chi connectivity index (χ1n) is 7.92. The molecule has 0 atom stereocenters. The molecule has 0 spiro atoms. The third kappa shape index (κ3) is 3.76. The van der Waals surface area contributed by atoms with E-state index in [1.54, 1.807) is 6.20 Å². The highest BCUT2D eigenvalue weighted by molar-refractivity contribution is 6.31. The predicted molar refractivity (Wildman–Crippen MR) is 94.1 cm³/mol. The molecule has 126 valence electrons. The summed E-state index contributed by atoms with van der Waals surface area (Å²) in [5, 5.41) is 13.3. The van der Waals surface area contributed by atoms with Crippen LogP contribution in [0.5, 0.6) is 0 Å². The summed E-state index contributed by atoms with van der Waals surface area (Å²) < 4.78 is 3.73. The van der Waals surface area contributed by atoms with E-state index in [9.17, 15) is 4.79 Å². The van der Waals surface area contributed by atoms with Crippen LogP contribution < -0.4 is 5.32 Å². The molecule has 0 aliphatic carbocycles. The number of hydrogen-bond donors (Lipinski definition) is 1. The van der Waals surface area contributed by atoms with E-state index in [0.29, 0.717) is 31.1 Å². The van der Waals surface area contributed by atoms with Gasteiger partial charge in [0.25, 0.3) is 0 Å². The first kappa shape index (κ1) is 16.5. The minimum atomic E-state index is 0.00847. The van der Waals surface area contributed by atoms with Gasteiger partial charge in [0.1, 0.15) is 0 Å². The molecule has 1 N–H and O–H groups in total. The van der Waals surface area contributed by atoms with Gasteiger partial charge >= 0.3 is 0 Å². The number of aryl methyl sites for hydroxylation is 3. The summed E-state index contributed by atoms with van der Waals surface area (Å²) in [4.78, 5) is 12.0. The summed E-state index contributed by atoms with van der Waals surface area (Å²) in [5.74, 6) is 0.00847. The van der Waals surface area contributed by atoms with Gasteiger partial charge in [0, 0.05) is 29.1 Å². The molecular formula is C17H20ClN5O. The van der Waals surface area contributed by atoms with Gasteiger partial charge in [-0.15, -0.1) is 0 Å². The number of rotatable bonds is 6. The van der Waals surface area contributed by atoms with Crippen molar-refractivity contribution >= 4 is 28.4 Å². The lowest BCUT2D eigenvalue weighted by molar-refractivity contribution is -0.121. The fraction of sp³-hybridized carbons (Fsp3) is 0.353. The van der Waals surface area contributed by atoms with Crippen molar-refractivity contribution in [1.82, 2.24) is 24.9 Å². The van der Waals surface area contributed by atoms with Crippen LogP contribution in [0.3, 0.4) is 0 Å². The van der Waals surface area contributed by atoms with Gasteiger partial charge in [-0.25, -0.2) is 0 Å². The summed E-state index contributed by atoms with van der Waals surface area (Å²) in [5.41, 5.74) is 3.07. The molecule has 2 aromatic heterocycles. The molecule has 3 aromatic rings. The number of halogens is 1. The average molecular weight is 346 g/mol. The number of benzene rings is 1. The van der Waals surface area contributed by atoms with E-state index in [-0.39, 0.29) is 5.91 Å². The molecule has 1 amide bonds. The highest BCUT2D eigenvalue weighted by Gasteiger charge is 2.07. The second kappa shape index (κ2) is 7.05. The fourth-order valence-corrected chi connectivity index (χ4v) is 2.92. The molecule has 0 bridgehead atoms. The lowest BCUT2D eigenvalue weighted by Gasteiger charge is -2.07. The Morgan fingerprint density at radius 1 is 1.21 bits per heavy atom. The molecule has 7 heteroatoms. The number of carbonyl (C=O) groups is 1. The number of nitrogens with one attached hydrogen (secondary N) is 1. The minimum absolute atomic E-state index is 0.00847. The van der Waals surface area contributed by atoms with Crippen LogP contribution in [0.4, 0.5) is 0 Å². The molecule has 0 radical (unpaired) electrons. The average Bonchev–Trinajstić information content (AvgIpc) is 3.07. The molecular weight excluding hydrogens is 326 g/mol. The third-order valence-corrected chi connectivity index (χ3v) is 4.14. The predicted octanol–water partition coefficient (Wildman–Crippen LogP) is 2.71. The molecule has 3 rings (SSSR count). The van der Waals surface area contributed by atoms with Crippen molar-refractivity contribution in [3.63, 3.8) is 0 Å². The maximum Gasteiger partial charge on any atom is 0.221 e. The largest absolute Gasteiger partial charge is 0.354 e. The minimum Gasteiger partial charge on any atom is -0.354 e. The van der Waals surface area contributed by atoms with Gasteiger partial charge in [0.15, 0.2) is 0 Å². The van der Waals surface area contributed by atoms with Gasteiger partial charge in [-0.05, 0) is 38.1 Å². The fourth-order valence-electron chi connectivity index (χ4n) is 2.73. The first-order chi connectivity index (χ1) is 11.5. The standard InChI is InChI=1S/C17H20ClN5O/c1-12-9-13(2)22(21-12)8-6-19-17(24)5-7-23-16-4-3-15(18)10-14(16)11-20-23/h3-4,9-11H,5-8H2,1-2H3,(H,19,24). The SMILES string of the molecule is Cc1cc(C)n(CCNC(=O)CCn2ncc3cc(Cl)ccc32)n1. The van der Waals surface area contributed by atoms with Crippen molar-refractivity contribution in [1.29, 1.82) is 0 Å². The molecule has 1 aromatic carbocycles. The molecule has 24 heavy (non-hydrogen) atoms. The van der Waals surface area contributed by atoms with Crippen molar-refractivity contribution in [2.24, 2.45) is 0 Å². The van der Waals surface area contributed by atoms with Crippen molar-refractivity contribution in [2.45, 2.75) is 33.4 Å². The van der Waals surface area contributed by atoms with E-state index < -0.39 is 0 Å². The Balaban J connectivity index is 1.49. The number of amides is 1. The Morgan fingerprint density at radius 2 is 2.04 bits per heavy atom. The monoisotopic (exact) mass is 345 g/mol. The summed E-state index contributed by atoms with van der Waals surface area (Å²) in [6.07, 6.45) is 2.15. The van der Waals surface area contributed by atoms with E-state index in [2.05, 4.69) is 15.5 Å². The van der Waals surface area contributed by atoms with Crippen LogP contribution in [0.25, 0.3) is 10.9 Å². The smallest absolute Gasteiger partial charge is 0.221 e. The molecule has 0 unspecified atom stereocenters. The van der Waals surface area contributed by atoms with Gasteiger partial charge in [-0.2, -0.15) is 10.2 Å². The second-order valence-corrected chi connectivity index (χ2v) is 6.26. The van der Waals surface area contributed by atoms with Gasteiger partial charge < -0.3 is 5.32 Å². The zero-order chi connectivity index (χ0) is 17.1. The zero-order valence-corrected chi connectivity index (χ0v) is 14.5. The van der Waals surface area contributed by atoms with Gasteiger partial charge in [-0.1, -0.05) is 11.6 Å². The Bertz CT molecular complexity index is 867. The molecule has 0 saturated heterocycles. The number of nitrogens with zero attached hydrogens (tertiary/aromatic N) is 4. The molecule has 0 fully saturated rings. The Labute approximate surface area is 145 Å². The highest BCUT2D eigenvalue weighted by Crippen LogP contribution is 2.19. The van der Waals surface area contributed by atoms with Crippen LogP contribution >= 0.6 is 11.6 Å². The maximum absolute atomic E-state index is 12.0. The van der Waals surface area contributed by atoms with E-state index in [4.69, 9.17) is 11.6 Å². The molecule has 6 nitrogen and oxygen atoms in total. The Kier molecular flexibility index (Phi) is 4.85. The first-order valence-corrected chi connectivity index (χ1v) is 8.29. The number of aromatic nitrogens is 4. The normalized spacial score (nSPS) is 11.1. The summed E-state index contributed by atoms with van der Waals surface area (Å²) >= 11 is 5.97. The van der Waals surface area contributed by atoms with Crippen LogP contribution in [0.1, 0.15) is 17.8 Å². The Morgan fingerprint density at radius 3 is 2.79 bits per heavy atom. The topological polar surface area (TPSA) is 64.7 Å². The quantitative estimate of drug-likeness (QED) is 0.747. The number of hydrogen-bond acceptors (Lipinski definition) is 3. The van der Waals surface area contributed by atoms with Gasteiger partial charge in [0.05, 0.1) is 30.5 Å². The van der Waals surface area contributed by atoms with Crippen molar-refractivity contribution < 1.29 is 4.79 Å². The molecule has 0 aliphatic rings. The van der Waals surface area contributed by atoms with Gasteiger partial charge in [-0.3, -0.25) is 14.2 Å². The summed E-state index contributed by atoms with van der Waals surface area (Å²) in [6.45, 7) is 5.75. The van der Waals surface area contributed by atoms with Crippen LogP contribution in [0.2, 0.25) is 5.02 Å². The van der Waals surface area contributed by atoms with Crippen LogP contribution in [0, 0.1) is 13.8 Å². The van der Waals surface area contributed by atoms with Crippen LogP contribution in [0.15, 0.2) is 30.5 Å². The maximum atomic E-state index is 12.0. The van der Waals surface area contributed by atoms with Gasteiger partial charge in [0.2, 0.25) is 5.91 Å². The van der Waals surface area contributed by atoms with Crippen molar-refractivity contribution in [3.8, 4) is 0 Å².